The first-order valence-electron chi connectivity index (χ1n) is 7.63. The lowest BCUT2D eigenvalue weighted by Gasteiger charge is -2.46. The van der Waals surface area contributed by atoms with Crippen LogP contribution in [0.25, 0.3) is 5.65 Å². The number of anilines is 1. The Bertz CT molecular complexity index is 632. The van der Waals surface area contributed by atoms with E-state index in [4.69, 9.17) is 4.74 Å². The van der Waals surface area contributed by atoms with Gasteiger partial charge >= 0.3 is 0 Å². The molecule has 2 aromatic rings. The Kier molecular flexibility index (Phi) is 3.08. The molecule has 2 aliphatic rings. The van der Waals surface area contributed by atoms with Gasteiger partial charge < -0.3 is 14.5 Å². The predicted octanol–water partition coefficient (Wildman–Crippen LogP) is 1.03. The molecule has 0 saturated carbocycles. The summed E-state index contributed by atoms with van der Waals surface area (Å²) in [5.74, 6) is 0.949. The van der Waals surface area contributed by atoms with Gasteiger partial charge in [-0.2, -0.15) is 0 Å². The Morgan fingerprint density at radius 1 is 1.14 bits per heavy atom. The Morgan fingerprint density at radius 3 is 2.81 bits per heavy atom. The summed E-state index contributed by atoms with van der Waals surface area (Å²) in [4.78, 5) is 4.70. The van der Waals surface area contributed by atoms with Gasteiger partial charge in [-0.1, -0.05) is 6.07 Å². The molecule has 112 valence electrons. The minimum Gasteiger partial charge on any atom is -0.372 e. The van der Waals surface area contributed by atoms with Gasteiger partial charge in [0.15, 0.2) is 5.65 Å². The summed E-state index contributed by atoms with van der Waals surface area (Å²) in [5.41, 5.74) is 0.950. The minimum atomic E-state index is 0.0456. The van der Waals surface area contributed by atoms with Crippen LogP contribution in [0.1, 0.15) is 12.8 Å². The lowest BCUT2D eigenvalue weighted by Crippen LogP contribution is -2.56. The summed E-state index contributed by atoms with van der Waals surface area (Å²) in [6.07, 6.45) is 4.14. The maximum atomic E-state index is 6.12. The molecule has 2 aliphatic heterocycles. The topological polar surface area (TPSA) is 45.9 Å². The molecule has 2 aromatic heterocycles. The molecule has 0 atom stereocenters. The van der Waals surface area contributed by atoms with Crippen LogP contribution in [0.2, 0.25) is 0 Å². The average molecular weight is 287 g/mol. The first-order valence-corrected chi connectivity index (χ1v) is 7.63. The van der Waals surface area contributed by atoms with Crippen molar-refractivity contribution in [2.45, 2.75) is 18.4 Å². The van der Waals surface area contributed by atoms with Gasteiger partial charge in [0.2, 0.25) is 5.95 Å². The van der Waals surface area contributed by atoms with Crippen LogP contribution < -0.4 is 4.90 Å². The number of morpholine rings is 1. The molecule has 1 spiro atoms. The van der Waals surface area contributed by atoms with E-state index in [1.54, 1.807) is 0 Å². The van der Waals surface area contributed by atoms with E-state index in [0.29, 0.717) is 0 Å². The van der Waals surface area contributed by atoms with Crippen LogP contribution in [-0.4, -0.2) is 64.9 Å². The molecule has 6 nitrogen and oxygen atoms in total. The second kappa shape index (κ2) is 4.96. The number of aromatic nitrogens is 3. The molecular formula is C15H21N5O. The van der Waals surface area contributed by atoms with Crippen molar-refractivity contribution in [1.82, 2.24) is 19.5 Å². The number of pyridine rings is 1. The number of hydrogen-bond donors (Lipinski definition) is 0. The third kappa shape index (κ3) is 2.28. The highest BCUT2D eigenvalue weighted by atomic mass is 16.5. The molecule has 0 unspecified atom stereocenters. The molecule has 0 bridgehead atoms. The lowest BCUT2D eigenvalue weighted by atomic mass is 9.89. The second-order valence-electron chi connectivity index (χ2n) is 6.19. The Balaban J connectivity index is 1.52. The predicted molar refractivity (Wildman–Crippen MR) is 80.6 cm³/mol. The summed E-state index contributed by atoms with van der Waals surface area (Å²) in [6.45, 7) is 4.89. The molecule has 0 aliphatic carbocycles. The highest BCUT2D eigenvalue weighted by molar-refractivity contribution is 5.46. The zero-order valence-corrected chi connectivity index (χ0v) is 12.4. The number of rotatable bonds is 1. The van der Waals surface area contributed by atoms with Crippen molar-refractivity contribution < 1.29 is 4.74 Å². The van der Waals surface area contributed by atoms with E-state index in [9.17, 15) is 0 Å². The van der Waals surface area contributed by atoms with Gasteiger partial charge in [-0.3, -0.25) is 4.40 Å². The van der Waals surface area contributed by atoms with Gasteiger partial charge in [-0.25, -0.2) is 0 Å². The molecule has 4 heterocycles. The van der Waals surface area contributed by atoms with Crippen LogP contribution in [0.5, 0.6) is 0 Å². The van der Waals surface area contributed by atoms with E-state index in [-0.39, 0.29) is 5.60 Å². The second-order valence-corrected chi connectivity index (χ2v) is 6.19. The number of ether oxygens (including phenoxy) is 1. The normalized spacial score (nSPS) is 23.0. The summed E-state index contributed by atoms with van der Waals surface area (Å²) in [6, 6.07) is 6.00. The van der Waals surface area contributed by atoms with Crippen LogP contribution in [-0.2, 0) is 4.74 Å². The molecule has 2 saturated heterocycles. The first-order chi connectivity index (χ1) is 10.3. The number of nitrogens with zero attached hydrogens (tertiary/aromatic N) is 5. The van der Waals surface area contributed by atoms with Crippen LogP contribution in [0.4, 0.5) is 5.95 Å². The van der Waals surface area contributed by atoms with Crippen molar-refractivity contribution in [1.29, 1.82) is 0 Å². The van der Waals surface area contributed by atoms with Gasteiger partial charge in [0.25, 0.3) is 0 Å². The molecule has 0 aromatic carbocycles. The van der Waals surface area contributed by atoms with Gasteiger partial charge in [0.05, 0.1) is 12.2 Å². The largest absolute Gasteiger partial charge is 0.372 e. The quantitative estimate of drug-likeness (QED) is 0.784. The fourth-order valence-corrected chi connectivity index (χ4v) is 3.50. The van der Waals surface area contributed by atoms with Crippen LogP contribution in [0.15, 0.2) is 24.4 Å². The van der Waals surface area contributed by atoms with E-state index in [1.807, 2.05) is 24.4 Å². The van der Waals surface area contributed by atoms with Gasteiger partial charge in [0.1, 0.15) is 0 Å². The van der Waals surface area contributed by atoms with Crippen molar-refractivity contribution in [2.24, 2.45) is 0 Å². The molecule has 0 amide bonds. The minimum absolute atomic E-state index is 0.0456. The summed E-state index contributed by atoms with van der Waals surface area (Å²) in [5, 5.41) is 8.60. The van der Waals surface area contributed by atoms with E-state index in [1.165, 1.54) is 0 Å². The van der Waals surface area contributed by atoms with E-state index in [0.717, 1.165) is 57.2 Å². The summed E-state index contributed by atoms with van der Waals surface area (Å²) in [7, 11) is 2.18. The number of piperidine rings is 1. The van der Waals surface area contributed by atoms with Gasteiger partial charge in [0, 0.05) is 32.4 Å². The zero-order chi connectivity index (χ0) is 14.3. The highest BCUT2D eigenvalue weighted by Crippen LogP contribution is 2.31. The van der Waals surface area contributed by atoms with Gasteiger partial charge in [-0.05, 0) is 32.0 Å². The van der Waals surface area contributed by atoms with E-state index < -0.39 is 0 Å². The Hall–Kier alpha value is -1.66. The van der Waals surface area contributed by atoms with Crippen molar-refractivity contribution in [3.05, 3.63) is 24.4 Å². The standard InChI is InChI=1S/C15H21N5O/c1-18-10-11-21-15(12-18)5-8-19(9-6-15)14-17-16-13-4-2-3-7-20(13)14/h2-4,7H,5-6,8-12H2,1H3. The monoisotopic (exact) mass is 287 g/mol. The molecule has 0 radical (unpaired) electrons. The SMILES string of the molecule is CN1CCOC2(CCN(c3nnc4ccccn34)CC2)C1. The third-order valence-corrected chi connectivity index (χ3v) is 4.69. The average Bonchev–Trinajstić information content (AvgIpc) is 2.92. The lowest BCUT2D eigenvalue weighted by molar-refractivity contribution is -0.115. The first kappa shape index (κ1) is 13.0. The molecule has 4 rings (SSSR count). The third-order valence-electron chi connectivity index (χ3n) is 4.69. The highest BCUT2D eigenvalue weighted by Gasteiger charge is 2.39. The molecule has 2 fully saturated rings. The van der Waals surface area contributed by atoms with Crippen LogP contribution in [0.3, 0.4) is 0 Å². The van der Waals surface area contributed by atoms with Crippen LogP contribution in [0, 0.1) is 0 Å². The van der Waals surface area contributed by atoms with Crippen molar-refractivity contribution in [3.63, 3.8) is 0 Å². The molecule has 0 N–H and O–H groups in total. The number of hydrogen-bond acceptors (Lipinski definition) is 5. The Labute approximate surface area is 124 Å². The van der Waals surface area contributed by atoms with E-state index >= 15 is 0 Å². The molecule has 6 heteroatoms. The summed E-state index contributed by atoms with van der Waals surface area (Å²) < 4.78 is 8.18. The Morgan fingerprint density at radius 2 is 2.00 bits per heavy atom. The molecular weight excluding hydrogens is 266 g/mol. The van der Waals surface area contributed by atoms with Crippen LogP contribution >= 0.6 is 0 Å². The smallest absolute Gasteiger partial charge is 0.231 e. The van der Waals surface area contributed by atoms with Crippen molar-refractivity contribution in [2.75, 3.05) is 44.7 Å². The summed E-state index contributed by atoms with van der Waals surface area (Å²) >= 11 is 0. The maximum Gasteiger partial charge on any atom is 0.231 e. The van der Waals surface area contributed by atoms with Gasteiger partial charge in [-0.15, -0.1) is 10.2 Å². The number of fused-ring (bicyclic) bond motifs is 1. The zero-order valence-electron chi connectivity index (χ0n) is 12.4. The fourth-order valence-electron chi connectivity index (χ4n) is 3.50. The number of likely N-dealkylation sites (N-methyl/N-ethyl adjacent to an activating group) is 1. The van der Waals surface area contributed by atoms with Crippen molar-refractivity contribution in [3.8, 4) is 0 Å². The fraction of sp³-hybridized carbons (Fsp3) is 0.600. The van der Waals surface area contributed by atoms with Crippen molar-refractivity contribution >= 4 is 11.6 Å². The molecule has 21 heavy (non-hydrogen) atoms. The van der Waals surface area contributed by atoms with E-state index in [2.05, 4.69) is 31.4 Å². The maximum absolute atomic E-state index is 6.12.